The Morgan fingerprint density at radius 1 is 1.42 bits per heavy atom. The van der Waals surface area contributed by atoms with Gasteiger partial charge in [-0.05, 0) is 33.0 Å². The molecule has 0 radical (unpaired) electrons. The molecule has 0 aromatic heterocycles. The number of likely N-dealkylation sites (N-methyl/N-ethyl adjacent to an activating group) is 1. The second-order valence-electron chi connectivity index (χ2n) is 5.14. The van der Waals surface area contributed by atoms with Crippen LogP contribution in [0.2, 0.25) is 0 Å². The average Bonchev–Trinajstić information content (AvgIpc) is 2.57. The van der Waals surface area contributed by atoms with Crippen LogP contribution in [0.4, 0.5) is 0 Å². The Balaban J connectivity index is 2.52. The summed E-state index contributed by atoms with van der Waals surface area (Å²) in [6.07, 6.45) is 8.18. The van der Waals surface area contributed by atoms with E-state index < -0.39 is 0 Å². The Bertz CT molecular complexity index is 389. The molecule has 0 spiro atoms. The zero-order valence-corrected chi connectivity index (χ0v) is 12.7. The molecule has 0 saturated carbocycles. The minimum atomic E-state index is -0.211. The van der Waals surface area contributed by atoms with Crippen LogP contribution in [-0.4, -0.2) is 37.3 Å². The van der Waals surface area contributed by atoms with Gasteiger partial charge in [0.05, 0.1) is 5.41 Å². The lowest BCUT2D eigenvalue weighted by atomic mass is 9.88. The quantitative estimate of drug-likeness (QED) is 0.763. The van der Waals surface area contributed by atoms with E-state index in [-0.39, 0.29) is 5.41 Å². The second kappa shape index (κ2) is 7.29. The molecule has 1 rings (SSSR count). The van der Waals surface area contributed by atoms with E-state index in [9.17, 15) is 0 Å². The lowest BCUT2D eigenvalue weighted by Crippen LogP contribution is -2.35. The fourth-order valence-corrected chi connectivity index (χ4v) is 1.98. The van der Waals surface area contributed by atoms with E-state index >= 15 is 0 Å². The van der Waals surface area contributed by atoms with Crippen LogP contribution in [0.15, 0.2) is 41.2 Å². The van der Waals surface area contributed by atoms with Crippen molar-refractivity contribution in [1.29, 1.82) is 0 Å². The molecular formula is C16H27N3. The maximum absolute atomic E-state index is 4.44. The van der Waals surface area contributed by atoms with E-state index in [1.807, 2.05) is 19.2 Å². The predicted molar refractivity (Wildman–Crippen MR) is 84.4 cm³/mol. The highest BCUT2D eigenvalue weighted by molar-refractivity contribution is 5.74. The molecule has 0 aromatic carbocycles. The van der Waals surface area contributed by atoms with Crippen LogP contribution in [0.25, 0.3) is 0 Å². The molecule has 1 atom stereocenters. The van der Waals surface area contributed by atoms with Crippen molar-refractivity contribution in [2.24, 2.45) is 10.4 Å². The fraction of sp³-hybridized carbons (Fsp3) is 0.562. The maximum Gasteiger partial charge on any atom is 0.0601 e. The van der Waals surface area contributed by atoms with Gasteiger partial charge in [-0.25, -0.2) is 0 Å². The number of hydrogen-bond donors (Lipinski definition) is 1. The van der Waals surface area contributed by atoms with Crippen LogP contribution in [0.5, 0.6) is 0 Å². The number of allylic oxidation sites excluding steroid dienone is 4. The minimum Gasteiger partial charge on any atom is -0.387 e. The molecule has 1 aliphatic heterocycles. The van der Waals surface area contributed by atoms with Crippen LogP contribution >= 0.6 is 0 Å². The molecule has 0 fully saturated rings. The lowest BCUT2D eigenvalue weighted by molar-refractivity contribution is 0.304. The van der Waals surface area contributed by atoms with Crippen LogP contribution in [-0.2, 0) is 0 Å². The monoisotopic (exact) mass is 261 g/mol. The Labute approximate surface area is 117 Å². The van der Waals surface area contributed by atoms with Gasteiger partial charge < -0.3 is 10.2 Å². The van der Waals surface area contributed by atoms with Gasteiger partial charge in [0, 0.05) is 30.7 Å². The minimum absolute atomic E-state index is 0.211. The first-order chi connectivity index (χ1) is 9.01. The van der Waals surface area contributed by atoms with Crippen molar-refractivity contribution in [3.8, 4) is 0 Å². The molecule has 0 bridgehead atoms. The summed E-state index contributed by atoms with van der Waals surface area (Å²) in [5, 5.41) is 3.43. The van der Waals surface area contributed by atoms with Gasteiger partial charge in [0.25, 0.3) is 0 Å². The summed E-state index contributed by atoms with van der Waals surface area (Å²) in [6.45, 7) is 16.8. The van der Waals surface area contributed by atoms with E-state index in [0.717, 1.165) is 37.6 Å². The number of nitrogens with one attached hydrogen (secondary N) is 1. The molecule has 3 nitrogen and oxygen atoms in total. The second-order valence-corrected chi connectivity index (χ2v) is 5.14. The van der Waals surface area contributed by atoms with Gasteiger partial charge >= 0.3 is 0 Å². The third-order valence-electron chi connectivity index (χ3n) is 3.63. The maximum atomic E-state index is 4.44. The van der Waals surface area contributed by atoms with Gasteiger partial charge in [-0.2, -0.15) is 0 Å². The molecule has 1 heterocycles. The first-order valence-electron chi connectivity index (χ1n) is 7.08. The van der Waals surface area contributed by atoms with Gasteiger partial charge in [-0.3, -0.25) is 4.99 Å². The van der Waals surface area contributed by atoms with Crippen molar-refractivity contribution in [1.82, 2.24) is 10.2 Å². The molecule has 0 aromatic rings. The van der Waals surface area contributed by atoms with Crippen molar-refractivity contribution in [2.45, 2.75) is 27.7 Å². The van der Waals surface area contributed by atoms with Crippen molar-refractivity contribution < 1.29 is 0 Å². The molecule has 3 heteroatoms. The molecule has 1 N–H and O–H groups in total. The Morgan fingerprint density at radius 2 is 2.11 bits per heavy atom. The summed E-state index contributed by atoms with van der Waals surface area (Å²) < 4.78 is 0. The molecule has 0 aliphatic carbocycles. The first kappa shape index (κ1) is 15.7. The highest BCUT2D eigenvalue weighted by Gasteiger charge is 2.23. The SMILES string of the molecule is C=C(NCCN(CC)CC)C1(C)C=CC=C(C)N=C1. The number of nitrogens with zero attached hydrogens (tertiary/aromatic N) is 2. The highest BCUT2D eigenvalue weighted by Crippen LogP contribution is 2.25. The van der Waals surface area contributed by atoms with Crippen LogP contribution < -0.4 is 5.32 Å². The van der Waals surface area contributed by atoms with E-state index in [0.29, 0.717) is 0 Å². The summed E-state index contributed by atoms with van der Waals surface area (Å²) in [6, 6.07) is 0. The summed E-state index contributed by atoms with van der Waals surface area (Å²) >= 11 is 0. The van der Waals surface area contributed by atoms with E-state index in [1.54, 1.807) is 0 Å². The largest absolute Gasteiger partial charge is 0.387 e. The third kappa shape index (κ3) is 4.67. The van der Waals surface area contributed by atoms with Gasteiger partial charge in [-0.1, -0.05) is 32.6 Å². The zero-order valence-electron chi connectivity index (χ0n) is 12.7. The van der Waals surface area contributed by atoms with Gasteiger partial charge in [-0.15, -0.1) is 0 Å². The molecule has 19 heavy (non-hydrogen) atoms. The van der Waals surface area contributed by atoms with E-state index in [2.05, 4.69) is 54.7 Å². The molecule has 1 aliphatic rings. The topological polar surface area (TPSA) is 27.6 Å². The standard InChI is InChI=1S/C16H27N3/c1-6-19(7-2)12-11-17-15(4)16(5)10-8-9-14(3)18-13-16/h8-10,13,17H,4,6-7,11-12H2,1-3,5H3. The van der Waals surface area contributed by atoms with E-state index in [1.165, 1.54) is 0 Å². The summed E-state index contributed by atoms with van der Waals surface area (Å²) in [7, 11) is 0. The van der Waals surface area contributed by atoms with Gasteiger partial charge in [0.2, 0.25) is 0 Å². The lowest BCUT2D eigenvalue weighted by Gasteiger charge is -2.26. The Kier molecular flexibility index (Phi) is 6.03. The summed E-state index contributed by atoms with van der Waals surface area (Å²) in [5.41, 5.74) is 1.82. The number of rotatable bonds is 7. The Morgan fingerprint density at radius 3 is 2.74 bits per heavy atom. The van der Waals surface area contributed by atoms with Crippen molar-refractivity contribution in [3.63, 3.8) is 0 Å². The average molecular weight is 261 g/mol. The number of aliphatic imine (C=N–C) groups is 1. The zero-order chi connectivity index (χ0) is 14.3. The van der Waals surface area contributed by atoms with Crippen LogP contribution in [0.1, 0.15) is 27.7 Å². The molecule has 0 amide bonds. The summed E-state index contributed by atoms with van der Waals surface area (Å²) in [4.78, 5) is 6.83. The first-order valence-corrected chi connectivity index (χ1v) is 7.08. The van der Waals surface area contributed by atoms with Gasteiger partial charge in [0.15, 0.2) is 0 Å². The Hall–Kier alpha value is -1.35. The molecule has 1 unspecified atom stereocenters. The molecule has 106 valence electrons. The fourth-order valence-electron chi connectivity index (χ4n) is 1.98. The predicted octanol–water partition coefficient (Wildman–Crippen LogP) is 2.98. The van der Waals surface area contributed by atoms with Crippen LogP contribution in [0, 0.1) is 5.41 Å². The smallest absolute Gasteiger partial charge is 0.0601 e. The van der Waals surface area contributed by atoms with Crippen molar-refractivity contribution >= 4 is 6.21 Å². The van der Waals surface area contributed by atoms with Crippen molar-refractivity contribution in [3.05, 3.63) is 36.2 Å². The molecular weight excluding hydrogens is 234 g/mol. The van der Waals surface area contributed by atoms with Crippen molar-refractivity contribution in [2.75, 3.05) is 26.2 Å². The van der Waals surface area contributed by atoms with E-state index in [4.69, 9.17) is 0 Å². The van der Waals surface area contributed by atoms with Crippen LogP contribution in [0.3, 0.4) is 0 Å². The molecule has 0 saturated heterocycles. The normalized spacial score (nSPS) is 22.3. The summed E-state index contributed by atoms with van der Waals surface area (Å²) in [5.74, 6) is 0. The third-order valence-corrected chi connectivity index (χ3v) is 3.63. The van der Waals surface area contributed by atoms with Gasteiger partial charge in [0.1, 0.15) is 0 Å². The number of hydrogen-bond acceptors (Lipinski definition) is 3. The highest BCUT2D eigenvalue weighted by atomic mass is 15.1.